The van der Waals surface area contributed by atoms with Gasteiger partial charge in [-0.15, -0.1) is 0 Å². The minimum atomic E-state index is 0.0335. The standard InChI is InChI=1S/C29H27N3S/c1-5-13-23(14-6-1)27(24-15-7-2-8-16-24)32-29(30-21-22-31-32)33-28(25-17-9-3-10-18-25)26-19-11-4-12-20-26/h1-20,27-28,31H,21-22H2. The van der Waals surface area contributed by atoms with E-state index in [9.17, 15) is 0 Å². The van der Waals surface area contributed by atoms with Crippen molar-refractivity contribution in [2.45, 2.75) is 11.3 Å². The lowest BCUT2D eigenvalue weighted by molar-refractivity contribution is 0.256. The van der Waals surface area contributed by atoms with Crippen molar-refractivity contribution < 1.29 is 0 Å². The highest BCUT2D eigenvalue weighted by atomic mass is 32.2. The molecule has 0 saturated heterocycles. The number of hydrogen-bond acceptors (Lipinski definition) is 4. The molecule has 0 spiro atoms. The molecule has 0 unspecified atom stereocenters. The number of amidine groups is 1. The number of hydrogen-bond donors (Lipinski definition) is 1. The van der Waals surface area contributed by atoms with Gasteiger partial charge in [-0.2, -0.15) is 0 Å². The third kappa shape index (κ3) is 5.03. The van der Waals surface area contributed by atoms with Crippen LogP contribution in [0.25, 0.3) is 0 Å². The Morgan fingerprint density at radius 2 is 1.03 bits per heavy atom. The molecule has 0 atom stereocenters. The summed E-state index contributed by atoms with van der Waals surface area (Å²) in [5.74, 6) is 0. The number of hydrazine groups is 1. The Kier molecular flexibility index (Phi) is 6.85. The molecule has 4 aromatic carbocycles. The van der Waals surface area contributed by atoms with Gasteiger partial charge in [0.1, 0.15) is 0 Å². The van der Waals surface area contributed by atoms with Crippen LogP contribution in [-0.4, -0.2) is 23.3 Å². The average Bonchev–Trinajstić information content (AvgIpc) is 2.90. The van der Waals surface area contributed by atoms with Crippen LogP contribution < -0.4 is 5.43 Å². The maximum atomic E-state index is 5.02. The van der Waals surface area contributed by atoms with Crippen LogP contribution in [0.1, 0.15) is 33.5 Å². The first-order valence-electron chi connectivity index (χ1n) is 11.3. The van der Waals surface area contributed by atoms with Crippen LogP contribution in [0.2, 0.25) is 0 Å². The predicted octanol–water partition coefficient (Wildman–Crippen LogP) is 6.48. The van der Waals surface area contributed by atoms with E-state index in [1.54, 1.807) is 0 Å². The zero-order chi connectivity index (χ0) is 22.3. The molecule has 3 nitrogen and oxygen atoms in total. The molecule has 1 aliphatic heterocycles. The van der Waals surface area contributed by atoms with Crippen molar-refractivity contribution in [1.82, 2.24) is 10.4 Å². The summed E-state index contributed by atoms with van der Waals surface area (Å²) >= 11 is 1.81. The van der Waals surface area contributed by atoms with Crippen LogP contribution in [-0.2, 0) is 0 Å². The first-order valence-corrected chi connectivity index (χ1v) is 12.2. The van der Waals surface area contributed by atoms with E-state index in [2.05, 4.69) is 132 Å². The van der Waals surface area contributed by atoms with E-state index in [1.807, 2.05) is 11.8 Å². The molecule has 0 aromatic heterocycles. The highest BCUT2D eigenvalue weighted by Crippen LogP contribution is 2.40. The van der Waals surface area contributed by atoms with Gasteiger partial charge in [0, 0.05) is 6.54 Å². The van der Waals surface area contributed by atoms with E-state index in [0.717, 1.165) is 18.3 Å². The van der Waals surface area contributed by atoms with E-state index in [1.165, 1.54) is 22.3 Å². The van der Waals surface area contributed by atoms with Crippen LogP contribution in [0.3, 0.4) is 0 Å². The van der Waals surface area contributed by atoms with E-state index in [-0.39, 0.29) is 11.3 Å². The van der Waals surface area contributed by atoms with Gasteiger partial charge < -0.3 is 0 Å². The summed E-state index contributed by atoms with van der Waals surface area (Å²) < 4.78 is 0. The summed E-state index contributed by atoms with van der Waals surface area (Å²) in [6, 6.07) is 42.8. The summed E-state index contributed by atoms with van der Waals surface area (Å²) in [4.78, 5) is 5.02. The highest BCUT2D eigenvalue weighted by molar-refractivity contribution is 8.14. The molecule has 1 aliphatic rings. The summed E-state index contributed by atoms with van der Waals surface area (Å²) in [6.07, 6.45) is 0. The number of thioether (sulfide) groups is 1. The van der Waals surface area contributed by atoms with E-state index in [0.29, 0.717) is 0 Å². The maximum Gasteiger partial charge on any atom is 0.175 e. The first kappa shape index (κ1) is 21.5. The SMILES string of the molecule is c1ccc(C(SC2=NCCNN2C(c2ccccc2)c2ccccc2)c2ccccc2)cc1. The molecule has 0 amide bonds. The molecule has 164 valence electrons. The summed E-state index contributed by atoms with van der Waals surface area (Å²) in [5, 5.41) is 3.43. The quantitative estimate of drug-likeness (QED) is 0.365. The number of nitrogens with one attached hydrogen (secondary N) is 1. The largest absolute Gasteiger partial charge is 0.275 e. The first-order chi connectivity index (χ1) is 16.4. The highest BCUT2D eigenvalue weighted by Gasteiger charge is 2.30. The summed E-state index contributed by atoms with van der Waals surface area (Å²) in [5.41, 5.74) is 8.68. The Balaban J connectivity index is 1.54. The van der Waals surface area contributed by atoms with E-state index < -0.39 is 0 Å². The van der Waals surface area contributed by atoms with Crippen molar-refractivity contribution in [1.29, 1.82) is 0 Å². The number of aliphatic imine (C=N–C) groups is 1. The third-order valence-electron chi connectivity index (χ3n) is 5.76. The zero-order valence-electron chi connectivity index (χ0n) is 18.4. The molecule has 0 fully saturated rings. The van der Waals surface area contributed by atoms with Crippen molar-refractivity contribution in [2.75, 3.05) is 13.1 Å². The van der Waals surface area contributed by atoms with Crippen molar-refractivity contribution >= 4 is 16.9 Å². The molecule has 4 aromatic rings. The Morgan fingerprint density at radius 1 is 0.606 bits per heavy atom. The molecule has 1 N–H and O–H groups in total. The minimum absolute atomic E-state index is 0.0335. The molecule has 33 heavy (non-hydrogen) atoms. The van der Waals surface area contributed by atoms with Gasteiger partial charge in [0.25, 0.3) is 0 Å². The summed E-state index contributed by atoms with van der Waals surface area (Å²) in [7, 11) is 0. The van der Waals surface area contributed by atoms with Gasteiger partial charge in [0.2, 0.25) is 0 Å². The van der Waals surface area contributed by atoms with Crippen LogP contribution in [0.4, 0.5) is 0 Å². The average molecular weight is 450 g/mol. The van der Waals surface area contributed by atoms with Gasteiger partial charge in [-0.1, -0.05) is 133 Å². The normalized spacial score (nSPS) is 13.9. The molecule has 1 heterocycles. The van der Waals surface area contributed by atoms with Crippen molar-refractivity contribution in [3.05, 3.63) is 144 Å². The Labute approximate surface area is 200 Å². The Morgan fingerprint density at radius 3 is 1.48 bits per heavy atom. The van der Waals surface area contributed by atoms with Crippen molar-refractivity contribution in [2.24, 2.45) is 4.99 Å². The molecular weight excluding hydrogens is 422 g/mol. The lowest BCUT2D eigenvalue weighted by atomic mass is 9.98. The molecular formula is C29H27N3S. The Bertz CT molecular complexity index is 1090. The van der Waals surface area contributed by atoms with Gasteiger partial charge in [-0.25, -0.2) is 5.43 Å². The Hall–Kier alpha value is -3.34. The van der Waals surface area contributed by atoms with Crippen molar-refractivity contribution in [3.8, 4) is 0 Å². The van der Waals surface area contributed by atoms with E-state index >= 15 is 0 Å². The number of benzene rings is 4. The van der Waals surface area contributed by atoms with Gasteiger partial charge in [0.15, 0.2) is 5.17 Å². The van der Waals surface area contributed by atoms with Crippen LogP contribution >= 0.6 is 11.8 Å². The smallest absolute Gasteiger partial charge is 0.175 e. The lowest BCUT2D eigenvalue weighted by Crippen LogP contribution is -2.48. The third-order valence-corrected chi connectivity index (χ3v) is 7.08. The molecule has 5 rings (SSSR count). The fourth-order valence-corrected chi connectivity index (χ4v) is 5.46. The van der Waals surface area contributed by atoms with Gasteiger partial charge in [0.05, 0.1) is 17.8 Å². The number of nitrogens with zero attached hydrogens (tertiary/aromatic N) is 2. The van der Waals surface area contributed by atoms with Crippen LogP contribution in [0.5, 0.6) is 0 Å². The molecule has 0 aliphatic carbocycles. The fraction of sp³-hybridized carbons (Fsp3) is 0.138. The lowest BCUT2D eigenvalue weighted by Gasteiger charge is -2.38. The van der Waals surface area contributed by atoms with E-state index in [4.69, 9.17) is 4.99 Å². The second-order valence-corrected chi connectivity index (χ2v) is 9.06. The zero-order valence-corrected chi connectivity index (χ0v) is 19.2. The fourth-order valence-electron chi connectivity index (χ4n) is 4.21. The van der Waals surface area contributed by atoms with Crippen LogP contribution in [0, 0.1) is 0 Å². The van der Waals surface area contributed by atoms with Crippen LogP contribution in [0.15, 0.2) is 126 Å². The van der Waals surface area contributed by atoms with Gasteiger partial charge in [-0.05, 0) is 22.3 Å². The number of rotatable bonds is 6. The second kappa shape index (κ2) is 10.5. The van der Waals surface area contributed by atoms with Crippen molar-refractivity contribution in [3.63, 3.8) is 0 Å². The monoisotopic (exact) mass is 449 g/mol. The van der Waals surface area contributed by atoms with Gasteiger partial charge in [-0.3, -0.25) is 10.0 Å². The molecule has 0 saturated carbocycles. The van der Waals surface area contributed by atoms with Gasteiger partial charge >= 0.3 is 0 Å². The summed E-state index contributed by atoms with van der Waals surface area (Å²) in [6.45, 7) is 1.59. The molecule has 4 heteroatoms. The minimum Gasteiger partial charge on any atom is -0.275 e. The topological polar surface area (TPSA) is 27.6 Å². The second-order valence-electron chi connectivity index (χ2n) is 7.99. The molecule has 0 bridgehead atoms. The predicted molar refractivity (Wildman–Crippen MR) is 139 cm³/mol. The maximum absolute atomic E-state index is 5.02. The molecule has 0 radical (unpaired) electrons.